The summed E-state index contributed by atoms with van der Waals surface area (Å²) in [6.07, 6.45) is 1.15. The highest BCUT2D eigenvalue weighted by Gasteiger charge is 2.29. The number of hydrogen-bond donors (Lipinski definition) is 0. The highest BCUT2D eigenvalue weighted by atomic mass is 35.5. The van der Waals surface area contributed by atoms with Crippen molar-refractivity contribution < 1.29 is 23.4 Å². The molecule has 0 aliphatic carbocycles. The fourth-order valence-corrected chi connectivity index (χ4v) is 5.64. The average Bonchev–Trinajstić information content (AvgIpc) is 3.35. The summed E-state index contributed by atoms with van der Waals surface area (Å²) in [5.41, 5.74) is 2.69. The van der Waals surface area contributed by atoms with E-state index in [4.69, 9.17) is 30.8 Å². The van der Waals surface area contributed by atoms with Crippen molar-refractivity contribution in [2.75, 3.05) is 44.8 Å². The van der Waals surface area contributed by atoms with Crippen molar-refractivity contribution in [3.63, 3.8) is 0 Å². The van der Waals surface area contributed by atoms with Crippen molar-refractivity contribution in [1.29, 1.82) is 0 Å². The predicted octanol–water partition coefficient (Wildman–Crippen LogP) is 5.26. The van der Waals surface area contributed by atoms with Crippen LogP contribution < -0.4 is 9.64 Å². The molecule has 2 saturated heterocycles. The number of pyridine rings is 1. The van der Waals surface area contributed by atoms with Crippen LogP contribution in [0.25, 0.3) is 11.0 Å². The lowest BCUT2D eigenvalue weighted by Gasteiger charge is -2.38. The number of carbonyl (C=O) groups is 1. The highest BCUT2D eigenvalue weighted by molar-refractivity contribution is 6.30. The van der Waals surface area contributed by atoms with Crippen LogP contribution in [0.3, 0.4) is 0 Å². The third-order valence-corrected chi connectivity index (χ3v) is 8.27. The van der Waals surface area contributed by atoms with E-state index in [9.17, 15) is 9.18 Å². The molecular weight excluding hydrogens is 561 g/mol. The number of carbonyl (C=O) groups excluding carboxylic acids is 1. The number of methoxy groups -OCH3 is 1. The van der Waals surface area contributed by atoms with E-state index < -0.39 is 5.82 Å². The van der Waals surface area contributed by atoms with Crippen molar-refractivity contribution >= 4 is 34.4 Å². The van der Waals surface area contributed by atoms with E-state index in [0.717, 1.165) is 61.9 Å². The van der Waals surface area contributed by atoms with Gasteiger partial charge in [-0.1, -0.05) is 23.7 Å². The molecule has 220 valence electrons. The number of hydrogen-bond acceptors (Lipinski definition) is 8. The summed E-state index contributed by atoms with van der Waals surface area (Å²) in [5, 5.41) is 0.349. The summed E-state index contributed by atoms with van der Waals surface area (Å²) in [6.45, 7) is 6.92. The Balaban J connectivity index is 1.14. The minimum absolute atomic E-state index is 0.0538. The van der Waals surface area contributed by atoms with Crippen LogP contribution in [0.1, 0.15) is 41.1 Å². The number of aromatic nitrogens is 3. The number of rotatable bonds is 9. The second-order valence-electron chi connectivity index (χ2n) is 10.6. The van der Waals surface area contributed by atoms with Crippen molar-refractivity contribution in [2.45, 2.75) is 38.6 Å². The van der Waals surface area contributed by atoms with Gasteiger partial charge in [-0.15, -0.1) is 0 Å². The normalized spacial score (nSPS) is 18.1. The van der Waals surface area contributed by atoms with Crippen molar-refractivity contribution in [1.82, 2.24) is 19.4 Å². The first-order chi connectivity index (χ1) is 20.4. The van der Waals surface area contributed by atoms with E-state index in [1.54, 1.807) is 24.3 Å². The van der Waals surface area contributed by atoms with Gasteiger partial charge in [-0.2, -0.15) is 4.98 Å². The molecule has 2 aliphatic heterocycles. The van der Waals surface area contributed by atoms with Crippen molar-refractivity contribution in [3.05, 3.63) is 82.4 Å². The van der Waals surface area contributed by atoms with Gasteiger partial charge in [-0.05, 0) is 49.7 Å². The van der Waals surface area contributed by atoms with Gasteiger partial charge in [-0.3, -0.25) is 4.90 Å². The first-order valence-corrected chi connectivity index (χ1v) is 14.5. The molecule has 2 aromatic heterocycles. The molecule has 4 heterocycles. The third kappa shape index (κ3) is 5.92. The summed E-state index contributed by atoms with van der Waals surface area (Å²) in [6, 6.07) is 15.7. The van der Waals surface area contributed by atoms with Gasteiger partial charge in [0, 0.05) is 49.4 Å². The number of nitrogens with zero attached hydrogens (tertiary/aromatic N) is 5. The average molecular weight is 594 g/mol. The van der Waals surface area contributed by atoms with Crippen LogP contribution in [0, 0.1) is 5.82 Å². The molecule has 2 fully saturated rings. The Hall–Kier alpha value is -3.73. The monoisotopic (exact) mass is 593 g/mol. The second-order valence-corrected chi connectivity index (χ2v) is 11.1. The second kappa shape index (κ2) is 12.2. The molecule has 0 bridgehead atoms. The lowest BCUT2D eigenvalue weighted by atomic mass is 10.1. The van der Waals surface area contributed by atoms with Crippen LogP contribution in [-0.4, -0.2) is 71.4 Å². The van der Waals surface area contributed by atoms with Gasteiger partial charge in [0.15, 0.2) is 0 Å². The zero-order valence-electron chi connectivity index (χ0n) is 23.6. The highest BCUT2D eigenvalue weighted by Crippen LogP contribution is 2.29. The van der Waals surface area contributed by atoms with Crippen molar-refractivity contribution in [3.8, 4) is 5.88 Å². The maximum atomic E-state index is 14.2. The molecule has 6 rings (SSSR count). The zero-order valence-corrected chi connectivity index (χ0v) is 24.4. The first kappa shape index (κ1) is 28.4. The molecule has 2 atom stereocenters. The number of piperazine rings is 1. The maximum absolute atomic E-state index is 14.2. The smallest absolute Gasteiger partial charge is 0.337 e. The quantitative estimate of drug-likeness (QED) is 0.243. The molecule has 0 saturated carbocycles. The number of fused-ring (bicyclic) bond motifs is 1. The molecule has 0 spiro atoms. The summed E-state index contributed by atoms with van der Waals surface area (Å²) in [7, 11) is 1.39. The Bertz CT molecular complexity index is 1590. The molecule has 9 nitrogen and oxygen atoms in total. The van der Waals surface area contributed by atoms with Crippen LogP contribution in [0.4, 0.5) is 10.2 Å². The molecule has 0 radical (unpaired) electrons. The van der Waals surface area contributed by atoms with E-state index in [-0.39, 0.29) is 24.7 Å². The molecule has 2 aliphatic rings. The number of benzene rings is 2. The predicted molar refractivity (Wildman–Crippen MR) is 158 cm³/mol. The largest absolute Gasteiger partial charge is 0.473 e. The fourth-order valence-electron chi connectivity index (χ4n) is 5.48. The number of ether oxygens (including phenoxy) is 3. The lowest BCUT2D eigenvalue weighted by Crippen LogP contribution is -2.48. The van der Waals surface area contributed by atoms with Crippen molar-refractivity contribution in [2.24, 2.45) is 0 Å². The van der Waals surface area contributed by atoms with Crippen LogP contribution in [0.15, 0.2) is 54.6 Å². The zero-order chi connectivity index (χ0) is 29.2. The topological polar surface area (TPSA) is 82.0 Å². The van der Waals surface area contributed by atoms with E-state index in [1.165, 1.54) is 13.2 Å². The lowest BCUT2D eigenvalue weighted by molar-refractivity contribution is -0.0594. The molecular formula is C31H33ClFN5O4. The molecule has 4 aromatic rings. The Labute approximate surface area is 248 Å². The number of esters is 1. The minimum atomic E-state index is -0.401. The van der Waals surface area contributed by atoms with Gasteiger partial charge >= 0.3 is 5.97 Å². The summed E-state index contributed by atoms with van der Waals surface area (Å²) >= 11 is 5.85. The summed E-state index contributed by atoms with van der Waals surface area (Å²) in [4.78, 5) is 26.5. The maximum Gasteiger partial charge on any atom is 0.337 e. The van der Waals surface area contributed by atoms with Gasteiger partial charge in [0.05, 0.1) is 42.4 Å². The summed E-state index contributed by atoms with van der Waals surface area (Å²) < 4.78 is 32.9. The Kier molecular flexibility index (Phi) is 8.28. The minimum Gasteiger partial charge on any atom is -0.473 e. The SMILES string of the molecule is COC(=O)c1ccc2nc(C(C)N3CCN(c4cccc(OCc5ccc(Cl)cc5F)n4)CC3)n(C[C@@H]3CCO3)c2c1. The van der Waals surface area contributed by atoms with Crippen LogP contribution >= 0.6 is 11.6 Å². The standard InChI is InChI=1S/C31H33ClFN5O4/c1-20(30-34-26-9-7-21(31(39)40-2)16-27(26)38(30)18-24-10-15-41-24)36-11-13-37(14-12-36)28-4-3-5-29(35-28)42-19-22-6-8-23(32)17-25(22)33/h3-9,16-17,20,24H,10-15,18-19H2,1-2H3/t20?,24-/m0/s1. The molecule has 2 aromatic carbocycles. The Morgan fingerprint density at radius 3 is 2.64 bits per heavy atom. The van der Waals surface area contributed by atoms with E-state index in [2.05, 4.69) is 26.3 Å². The number of anilines is 1. The van der Waals surface area contributed by atoms with Gasteiger partial charge in [0.1, 0.15) is 24.1 Å². The molecule has 0 N–H and O–H groups in total. The van der Waals surface area contributed by atoms with Crippen LogP contribution in [0.2, 0.25) is 5.02 Å². The molecule has 42 heavy (non-hydrogen) atoms. The molecule has 11 heteroatoms. The summed E-state index contributed by atoms with van der Waals surface area (Å²) in [5.74, 6) is 1.45. The third-order valence-electron chi connectivity index (χ3n) is 8.04. The van der Waals surface area contributed by atoms with Crippen LogP contribution in [0.5, 0.6) is 5.88 Å². The number of halogens is 2. The fraction of sp³-hybridized carbons (Fsp3) is 0.387. The van der Waals surface area contributed by atoms with Crippen LogP contribution in [-0.2, 0) is 22.6 Å². The first-order valence-electron chi connectivity index (χ1n) is 14.1. The van der Waals surface area contributed by atoms with Gasteiger partial charge in [0.25, 0.3) is 0 Å². The number of imidazole rings is 1. The Morgan fingerprint density at radius 1 is 1.12 bits per heavy atom. The van der Waals surface area contributed by atoms with Gasteiger partial charge < -0.3 is 23.7 Å². The molecule has 1 unspecified atom stereocenters. The molecule has 0 amide bonds. The van der Waals surface area contributed by atoms with Gasteiger partial charge in [0.2, 0.25) is 5.88 Å². The van der Waals surface area contributed by atoms with E-state index in [1.807, 2.05) is 24.3 Å². The van der Waals surface area contributed by atoms with E-state index >= 15 is 0 Å². The Morgan fingerprint density at radius 2 is 1.93 bits per heavy atom. The van der Waals surface area contributed by atoms with E-state index in [0.29, 0.717) is 28.6 Å². The van der Waals surface area contributed by atoms with Gasteiger partial charge in [-0.25, -0.2) is 14.2 Å².